The predicted molar refractivity (Wildman–Crippen MR) is 114 cm³/mol. The summed E-state index contributed by atoms with van der Waals surface area (Å²) in [5.41, 5.74) is 2.29. The molecule has 1 saturated heterocycles. The molecule has 2 aliphatic rings. The smallest absolute Gasteiger partial charge is 0.244 e. The highest BCUT2D eigenvalue weighted by Crippen LogP contribution is 2.31. The van der Waals surface area contributed by atoms with E-state index >= 15 is 0 Å². The van der Waals surface area contributed by atoms with Crippen LogP contribution in [0.4, 0.5) is 5.82 Å². The number of carbonyl (C=O) groups is 1. The third kappa shape index (κ3) is 5.78. The lowest BCUT2D eigenvalue weighted by molar-refractivity contribution is -0.129. The van der Waals surface area contributed by atoms with Crippen molar-refractivity contribution in [3.8, 4) is 11.5 Å². The molecule has 1 aliphatic heterocycles. The third-order valence-corrected chi connectivity index (χ3v) is 6.52. The van der Waals surface area contributed by atoms with Crippen LogP contribution in [0.1, 0.15) is 82.4 Å². The number of carbonyl (C=O) groups excluding carboxylic acids is 1. The third-order valence-electron chi connectivity index (χ3n) is 6.52. The number of rotatable bonds is 9. The Morgan fingerprint density at radius 2 is 1.97 bits per heavy atom. The number of aromatic nitrogens is 4. The summed E-state index contributed by atoms with van der Waals surface area (Å²) >= 11 is 0. The van der Waals surface area contributed by atoms with Crippen molar-refractivity contribution in [2.24, 2.45) is 5.92 Å². The molecule has 2 N–H and O–H groups in total. The number of anilines is 1. The highest BCUT2D eigenvalue weighted by atomic mass is 16.5. The molecule has 31 heavy (non-hydrogen) atoms. The quantitative estimate of drug-likeness (QED) is 0.457. The summed E-state index contributed by atoms with van der Waals surface area (Å²) < 4.78 is 5.53. The molecule has 1 atom stereocenters. The van der Waals surface area contributed by atoms with Gasteiger partial charge in [-0.2, -0.15) is 4.98 Å². The van der Waals surface area contributed by atoms with Crippen LogP contribution in [0.5, 0.6) is 0 Å². The standard InChI is InChI=1S/C22H32N6O3/c29-20(26-30)13-17(10-6-9-16-7-2-1-3-8-16)22-25-21(27-31-22)18-14-23-15-19(24-18)28-11-4-5-12-28/h14-17,30H,1-13H2,(H,26,29)/t17-/m1/s1. The average Bonchev–Trinajstić information content (AvgIpc) is 3.52. The fourth-order valence-corrected chi connectivity index (χ4v) is 4.78. The lowest BCUT2D eigenvalue weighted by Gasteiger charge is -2.22. The van der Waals surface area contributed by atoms with E-state index in [9.17, 15) is 4.79 Å². The fourth-order valence-electron chi connectivity index (χ4n) is 4.78. The Kier molecular flexibility index (Phi) is 7.45. The van der Waals surface area contributed by atoms with E-state index < -0.39 is 5.91 Å². The molecule has 0 unspecified atom stereocenters. The Balaban J connectivity index is 1.43. The van der Waals surface area contributed by atoms with Gasteiger partial charge in [-0.3, -0.25) is 15.0 Å². The first-order valence-electron chi connectivity index (χ1n) is 11.6. The second-order valence-electron chi connectivity index (χ2n) is 8.78. The molecular formula is C22H32N6O3. The molecule has 2 aromatic heterocycles. The molecule has 4 rings (SSSR count). The van der Waals surface area contributed by atoms with Crippen LogP contribution in [0.3, 0.4) is 0 Å². The first kappa shape index (κ1) is 21.7. The topological polar surface area (TPSA) is 117 Å². The van der Waals surface area contributed by atoms with Gasteiger partial charge in [0, 0.05) is 25.4 Å². The molecule has 1 saturated carbocycles. The number of nitrogens with zero attached hydrogens (tertiary/aromatic N) is 5. The highest BCUT2D eigenvalue weighted by Gasteiger charge is 2.24. The van der Waals surface area contributed by atoms with Crippen molar-refractivity contribution < 1.29 is 14.5 Å². The summed E-state index contributed by atoms with van der Waals surface area (Å²) in [5.74, 6) is 1.72. The Morgan fingerprint density at radius 3 is 2.74 bits per heavy atom. The molecule has 9 heteroatoms. The maximum atomic E-state index is 11.8. The Morgan fingerprint density at radius 1 is 1.16 bits per heavy atom. The maximum absolute atomic E-state index is 11.8. The second-order valence-corrected chi connectivity index (χ2v) is 8.78. The summed E-state index contributed by atoms with van der Waals surface area (Å²) in [6, 6.07) is 0. The molecule has 168 valence electrons. The van der Waals surface area contributed by atoms with Crippen LogP contribution in [-0.4, -0.2) is 44.3 Å². The van der Waals surface area contributed by atoms with Crippen molar-refractivity contribution in [1.82, 2.24) is 25.6 Å². The van der Waals surface area contributed by atoms with Crippen molar-refractivity contribution in [2.45, 2.75) is 76.5 Å². The number of nitrogens with one attached hydrogen (secondary N) is 1. The maximum Gasteiger partial charge on any atom is 0.244 e. The fraction of sp³-hybridized carbons (Fsp3) is 0.682. The zero-order valence-electron chi connectivity index (χ0n) is 18.0. The van der Waals surface area contributed by atoms with Gasteiger partial charge in [0.1, 0.15) is 11.5 Å². The van der Waals surface area contributed by atoms with Crippen LogP contribution >= 0.6 is 0 Å². The molecule has 0 bridgehead atoms. The van der Waals surface area contributed by atoms with E-state index in [1.165, 1.54) is 32.1 Å². The van der Waals surface area contributed by atoms with E-state index in [1.807, 2.05) is 0 Å². The van der Waals surface area contributed by atoms with Crippen LogP contribution in [0.15, 0.2) is 16.9 Å². The lowest BCUT2D eigenvalue weighted by atomic mass is 9.84. The van der Waals surface area contributed by atoms with Crippen molar-refractivity contribution in [3.05, 3.63) is 18.3 Å². The molecule has 0 spiro atoms. The minimum Gasteiger partial charge on any atom is -0.355 e. The van der Waals surface area contributed by atoms with Crippen molar-refractivity contribution in [2.75, 3.05) is 18.0 Å². The second kappa shape index (κ2) is 10.7. The van der Waals surface area contributed by atoms with Gasteiger partial charge in [0.25, 0.3) is 0 Å². The SMILES string of the molecule is O=C(C[C@@H](CCCC1CCCCC1)c1nc(-c2cncc(N3CCCC3)n2)no1)NO. The Hall–Kier alpha value is -2.55. The minimum atomic E-state index is -0.446. The van der Waals surface area contributed by atoms with Crippen LogP contribution in [0.2, 0.25) is 0 Å². The highest BCUT2D eigenvalue weighted by molar-refractivity contribution is 5.75. The summed E-state index contributed by atoms with van der Waals surface area (Å²) in [6.45, 7) is 1.96. The summed E-state index contributed by atoms with van der Waals surface area (Å²) in [4.78, 5) is 27.6. The number of hydroxylamine groups is 1. The van der Waals surface area contributed by atoms with E-state index in [-0.39, 0.29) is 12.3 Å². The molecule has 0 aromatic carbocycles. The van der Waals surface area contributed by atoms with E-state index in [0.29, 0.717) is 17.4 Å². The van der Waals surface area contributed by atoms with Gasteiger partial charge in [-0.1, -0.05) is 50.1 Å². The van der Waals surface area contributed by atoms with Gasteiger partial charge in [0.05, 0.1) is 12.4 Å². The molecule has 9 nitrogen and oxygen atoms in total. The minimum absolute atomic E-state index is 0.113. The van der Waals surface area contributed by atoms with Gasteiger partial charge in [-0.15, -0.1) is 0 Å². The number of hydrogen-bond donors (Lipinski definition) is 2. The van der Waals surface area contributed by atoms with Crippen LogP contribution in [0.25, 0.3) is 11.5 Å². The van der Waals surface area contributed by atoms with Crippen molar-refractivity contribution in [3.63, 3.8) is 0 Å². The van der Waals surface area contributed by atoms with E-state index in [0.717, 1.165) is 56.9 Å². The molecule has 2 fully saturated rings. The monoisotopic (exact) mass is 428 g/mol. The number of hydrogen-bond acceptors (Lipinski definition) is 8. The Bertz CT molecular complexity index is 845. The van der Waals surface area contributed by atoms with Crippen molar-refractivity contribution in [1.29, 1.82) is 0 Å². The van der Waals surface area contributed by atoms with E-state index in [2.05, 4.69) is 25.0 Å². The zero-order chi connectivity index (χ0) is 21.5. The molecule has 2 aromatic rings. The molecular weight excluding hydrogens is 396 g/mol. The molecule has 1 aliphatic carbocycles. The average molecular weight is 429 g/mol. The van der Waals surface area contributed by atoms with Gasteiger partial charge in [-0.05, 0) is 25.2 Å². The first-order valence-corrected chi connectivity index (χ1v) is 11.6. The van der Waals surface area contributed by atoms with Gasteiger partial charge in [0.15, 0.2) is 0 Å². The predicted octanol–water partition coefficient (Wildman–Crippen LogP) is 3.86. The molecule has 0 radical (unpaired) electrons. The van der Waals surface area contributed by atoms with Crippen LogP contribution in [-0.2, 0) is 4.79 Å². The van der Waals surface area contributed by atoms with Crippen LogP contribution < -0.4 is 10.4 Å². The normalized spacial score (nSPS) is 18.3. The first-order chi connectivity index (χ1) is 15.2. The van der Waals surface area contributed by atoms with Gasteiger partial charge in [-0.25, -0.2) is 10.5 Å². The zero-order valence-corrected chi connectivity index (χ0v) is 18.0. The largest absolute Gasteiger partial charge is 0.355 e. The van der Waals surface area contributed by atoms with E-state index in [1.54, 1.807) is 17.9 Å². The number of amides is 1. The van der Waals surface area contributed by atoms with Crippen LogP contribution in [0, 0.1) is 5.92 Å². The summed E-state index contributed by atoms with van der Waals surface area (Å²) in [7, 11) is 0. The van der Waals surface area contributed by atoms with Gasteiger partial charge < -0.3 is 9.42 Å². The lowest BCUT2D eigenvalue weighted by Crippen LogP contribution is -2.21. The molecule has 3 heterocycles. The van der Waals surface area contributed by atoms with E-state index in [4.69, 9.17) is 9.73 Å². The van der Waals surface area contributed by atoms with Crippen molar-refractivity contribution >= 4 is 11.7 Å². The molecule has 1 amide bonds. The van der Waals surface area contributed by atoms with Gasteiger partial charge >= 0.3 is 0 Å². The summed E-state index contributed by atoms with van der Waals surface area (Å²) in [6.07, 6.45) is 15.4. The Labute approximate surface area is 182 Å². The summed E-state index contributed by atoms with van der Waals surface area (Å²) in [5, 5.41) is 13.1. The van der Waals surface area contributed by atoms with Gasteiger partial charge in [0.2, 0.25) is 17.6 Å².